The van der Waals surface area contributed by atoms with Gasteiger partial charge in [0.15, 0.2) is 11.2 Å². The topological polar surface area (TPSA) is 94.8 Å². The minimum atomic E-state index is -4.76. The van der Waals surface area contributed by atoms with Crippen molar-refractivity contribution in [2.24, 2.45) is 0 Å². The number of thioether (sulfide) groups is 1. The molecule has 8 nitrogen and oxygen atoms in total. The maximum atomic E-state index is 12.1. The molecule has 27 heavy (non-hydrogen) atoms. The lowest BCUT2D eigenvalue weighted by Gasteiger charge is -2.10. The average Bonchev–Trinajstić information content (AvgIpc) is 3.04. The maximum absolute atomic E-state index is 12.1. The van der Waals surface area contributed by atoms with Gasteiger partial charge in [-0.1, -0.05) is 17.0 Å². The molecule has 2 heterocycles. The number of aryl methyl sites for hydroxylation is 1. The van der Waals surface area contributed by atoms with Gasteiger partial charge in [0.05, 0.1) is 5.75 Å². The van der Waals surface area contributed by atoms with Gasteiger partial charge in [-0.05, 0) is 31.2 Å². The molecule has 0 saturated heterocycles. The van der Waals surface area contributed by atoms with Crippen molar-refractivity contribution in [3.63, 3.8) is 0 Å². The van der Waals surface area contributed by atoms with Gasteiger partial charge in [-0.25, -0.2) is 14.6 Å². The summed E-state index contributed by atoms with van der Waals surface area (Å²) in [7, 11) is 0. The van der Waals surface area contributed by atoms with Gasteiger partial charge in [0.1, 0.15) is 17.1 Å². The number of benzene rings is 1. The first kappa shape index (κ1) is 18.9. The molecule has 0 atom stereocenters. The fourth-order valence-electron chi connectivity index (χ4n) is 2.16. The third-order valence-corrected chi connectivity index (χ3v) is 4.26. The van der Waals surface area contributed by atoms with E-state index in [1.807, 2.05) is 6.92 Å². The molecule has 0 radical (unpaired) electrons. The largest absolute Gasteiger partial charge is 0.573 e. The number of halogens is 3. The van der Waals surface area contributed by atoms with E-state index in [0.717, 1.165) is 23.9 Å². The van der Waals surface area contributed by atoms with Gasteiger partial charge in [-0.3, -0.25) is 4.79 Å². The molecule has 0 aliphatic heterocycles. The van der Waals surface area contributed by atoms with Crippen molar-refractivity contribution in [3.05, 3.63) is 30.6 Å². The third kappa shape index (κ3) is 4.84. The van der Waals surface area contributed by atoms with Gasteiger partial charge in [-0.15, -0.1) is 18.3 Å². The molecular formula is C15H13F3N6O2S. The molecule has 0 saturated carbocycles. The van der Waals surface area contributed by atoms with Crippen LogP contribution in [0.25, 0.3) is 11.2 Å². The summed E-state index contributed by atoms with van der Waals surface area (Å²) in [6, 6.07) is 4.87. The zero-order valence-corrected chi connectivity index (χ0v) is 14.7. The predicted molar refractivity (Wildman–Crippen MR) is 91.3 cm³/mol. The van der Waals surface area contributed by atoms with Crippen molar-refractivity contribution >= 4 is 34.5 Å². The van der Waals surface area contributed by atoms with Crippen LogP contribution in [0.1, 0.15) is 6.92 Å². The first-order valence-corrected chi connectivity index (χ1v) is 8.67. The lowest BCUT2D eigenvalue weighted by molar-refractivity contribution is -0.274. The monoisotopic (exact) mass is 398 g/mol. The number of carbonyl (C=O) groups excluding carboxylic acids is 1. The van der Waals surface area contributed by atoms with Crippen LogP contribution in [0.3, 0.4) is 0 Å². The maximum Gasteiger partial charge on any atom is 0.573 e. The lowest BCUT2D eigenvalue weighted by Crippen LogP contribution is -2.17. The Bertz CT molecular complexity index is 945. The number of fused-ring (bicyclic) bond motifs is 1. The van der Waals surface area contributed by atoms with Gasteiger partial charge in [-0.2, -0.15) is 0 Å². The quantitative estimate of drug-likeness (QED) is 0.504. The van der Waals surface area contributed by atoms with E-state index in [1.165, 1.54) is 18.5 Å². The normalized spacial score (nSPS) is 11.6. The summed E-state index contributed by atoms with van der Waals surface area (Å²) in [5.41, 5.74) is 1.43. The van der Waals surface area contributed by atoms with Crippen LogP contribution in [0.15, 0.2) is 35.6 Å². The number of aromatic nitrogens is 5. The number of anilines is 1. The summed E-state index contributed by atoms with van der Waals surface area (Å²) >= 11 is 1.16. The van der Waals surface area contributed by atoms with Crippen molar-refractivity contribution in [2.45, 2.75) is 24.9 Å². The SMILES string of the molecule is CCn1nnc2c(SCC(=O)Nc3ccc(OC(F)(F)F)cc3)ncnc21. The zero-order chi connectivity index (χ0) is 19.4. The fraction of sp³-hybridized carbons (Fsp3) is 0.267. The summed E-state index contributed by atoms with van der Waals surface area (Å²) in [6.07, 6.45) is -3.39. The number of rotatable bonds is 6. The second-order valence-electron chi connectivity index (χ2n) is 5.17. The van der Waals surface area contributed by atoms with E-state index < -0.39 is 6.36 Å². The highest BCUT2D eigenvalue weighted by atomic mass is 32.2. The number of ether oxygens (including phenoxy) is 1. The molecule has 3 rings (SSSR count). The van der Waals surface area contributed by atoms with Crippen molar-refractivity contribution in [2.75, 3.05) is 11.1 Å². The molecule has 0 aliphatic rings. The Morgan fingerprint density at radius 1 is 1.26 bits per heavy atom. The fourth-order valence-corrected chi connectivity index (χ4v) is 2.89. The average molecular weight is 398 g/mol. The van der Waals surface area contributed by atoms with Gasteiger partial charge in [0.2, 0.25) is 5.91 Å². The molecule has 12 heteroatoms. The van der Waals surface area contributed by atoms with Crippen molar-refractivity contribution in [1.82, 2.24) is 25.0 Å². The van der Waals surface area contributed by atoms with E-state index in [-0.39, 0.29) is 17.4 Å². The van der Waals surface area contributed by atoms with Crippen LogP contribution < -0.4 is 10.1 Å². The molecule has 0 bridgehead atoms. The van der Waals surface area contributed by atoms with Crippen molar-refractivity contribution in [3.8, 4) is 5.75 Å². The highest BCUT2D eigenvalue weighted by Crippen LogP contribution is 2.25. The molecule has 1 N–H and O–H groups in total. The van der Waals surface area contributed by atoms with Crippen LogP contribution in [-0.4, -0.2) is 43.0 Å². The van der Waals surface area contributed by atoms with Crippen LogP contribution in [0.4, 0.5) is 18.9 Å². The zero-order valence-electron chi connectivity index (χ0n) is 13.9. The highest BCUT2D eigenvalue weighted by Gasteiger charge is 2.30. The molecule has 0 unspecified atom stereocenters. The first-order valence-electron chi connectivity index (χ1n) is 7.68. The van der Waals surface area contributed by atoms with E-state index in [9.17, 15) is 18.0 Å². The Morgan fingerprint density at radius 3 is 2.67 bits per heavy atom. The molecule has 2 aromatic heterocycles. The second-order valence-corrected chi connectivity index (χ2v) is 6.13. The van der Waals surface area contributed by atoms with E-state index in [1.54, 1.807) is 4.68 Å². The summed E-state index contributed by atoms with van der Waals surface area (Å²) in [6.45, 7) is 2.51. The molecular weight excluding hydrogens is 385 g/mol. The van der Waals surface area contributed by atoms with Crippen molar-refractivity contribution in [1.29, 1.82) is 0 Å². The van der Waals surface area contributed by atoms with E-state index in [0.29, 0.717) is 28.4 Å². The summed E-state index contributed by atoms with van der Waals surface area (Å²) in [5.74, 6) is -0.678. The van der Waals surface area contributed by atoms with Crippen LogP contribution >= 0.6 is 11.8 Å². The minimum Gasteiger partial charge on any atom is -0.406 e. The molecule has 1 aromatic carbocycles. The molecule has 142 valence electrons. The summed E-state index contributed by atoms with van der Waals surface area (Å²) in [5, 5.41) is 11.1. The second kappa shape index (κ2) is 7.78. The smallest absolute Gasteiger partial charge is 0.406 e. The number of nitrogens with one attached hydrogen (secondary N) is 1. The summed E-state index contributed by atoms with van der Waals surface area (Å²) in [4.78, 5) is 20.3. The first-order chi connectivity index (χ1) is 12.9. The highest BCUT2D eigenvalue weighted by molar-refractivity contribution is 8.00. The molecule has 0 spiro atoms. The third-order valence-electron chi connectivity index (χ3n) is 3.28. The van der Waals surface area contributed by atoms with E-state index in [4.69, 9.17) is 0 Å². The van der Waals surface area contributed by atoms with Gasteiger partial charge < -0.3 is 10.1 Å². The van der Waals surface area contributed by atoms with Crippen LogP contribution in [0.5, 0.6) is 5.75 Å². The predicted octanol–water partition coefficient (Wildman–Crippen LogP) is 2.87. The summed E-state index contributed by atoms with van der Waals surface area (Å²) < 4.78 is 41.8. The Labute approximate surface area is 155 Å². The van der Waals surface area contributed by atoms with Gasteiger partial charge in [0.25, 0.3) is 0 Å². The Balaban J connectivity index is 1.59. The number of amides is 1. The Hall–Kier alpha value is -2.89. The Morgan fingerprint density at radius 2 is 2.00 bits per heavy atom. The molecule has 1 amide bonds. The molecule has 0 aliphatic carbocycles. The number of carbonyl (C=O) groups is 1. The van der Waals surface area contributed by atoms with E-state index in [2.05, 4.69) is 30.3 Å². The lowest BCUT2D eigenvalue weighted by atomic mass is 10.3. The minimum absolute atomic E-state index is 0.0336. The van der Waals surface area contributed by atoms with Gasteiger partial charge in [0, 0.05) is 12.2 Å². The van der Waals surface area contributed by atoms with Crippen molar-refractivity contribution < 1.29 is 22.7 Å². The number of hydrogen-bond acceptors (Lipinski definition) is 7. The molecule has 0 fully saturated rings. The van der Waals surface area contributed by atoms with Gasteiger partial charge >= 0.3 is 6.36 Å². The van der Waals surface area contributed by atoms with Crippen LogP contribution in [0, 0.1) is 0 Å². The standard InChI is InChI=1S/C15H13F3N6O2S/c1-2-24-13-12(22-23-24)14(20-8-19-13)27-7-11(25)21-9-3-5-10(6-4-9)26-15(16,17)18/h3-6,8H,2,7H2,1H3,(H,21,25). The van der Waals surface area contributed by atoms with E-state index >= 15 is 0 Å². The van der Waals surface area contributed by atoms with Crippen LogP contribution in [0.2, 0.25) is 0 Å². The Kier molecular flexibility index (Phi) is 5.44. The molecule has 3 aromatic rings. The van der Waals surface area contributed by atoms with Crippen LogP contribution in [-0.2, 0) is 11.3 Å². The number of alkyl halides is 3. The number of nitrogens with zero attached hydrogens (tertiary/aromatic N) is 5. The number of hydrogen-bond donors (Lipinski definition) is 1.